The molecule has 1 aliphatic carbocycles. The lowest BCUT2D eigenvalue weighted by molar-refractivity contribution is -0.145. The summed E-state index contributed by atoms with van der Waals surface area (Å²) in [4.78, 5) is 21.8. The topological polar surface area (TPSA) is 48.5 Å². The van der Waals surface area contributed by atoms with E-state index in [1.54, 1.807) is 0 Å². The molecule has 1 N–H and O–H groups in total. The molecule has 5 nitrogen and oxygen atoms in total. The number of hydrogen-bond donors (Lipinski definition) is 1. The van der Waals surface area contributed by atoms with Gasteiger partial charge >= 0.3 is 6.18 Å². The zero-order chi connectivity index (χ0) is 25.9. The highest BCUT2D eigenvalue weighted by molar-refractivity contribution is 5.84. The van der Waals surface area contributed by atoms with Crippen molar-refractivity contribution in [3.05, 3.63) is 59.8 Å². The van der Waals surface area contributed by atoms with Gasteiger partial charge in [0, 0.05) is 44.5 Å². The van der Waals surface area contributed by atoms with Gasteiger partial charge in [-0.05, 0) is 49.3 Å². The quantitative estimate of drug-likeness (QED) is 0.529. The Kier molecular flexibility index (Phi) is 7.93. The van der Waals surface area contributed by atoms with Crippen molar-refractivity contribution in [2.45, 2.75) is 64.7 Å². The number of pyridine rings is 1. The van der Waals surface area contributed by atoms with Gasteiger partial charge in [0.15, 0.2) is 0 Å². The first-order valence-corrected chi connectivity index (χ1v) is 13.0. The fraction of sp³-hybridized carbons (Fsp3) is 0.571. The third kappa shape index (κ3) is 5.53. The van der Waals surface area contributed by atoms with Crippen LogP contribution in [0.5, 0.6) is 0 Å². The van der Waals surface area contributed by atoms with E-state index >= 15 is 0 Å². The van der Waals surface area contributed by atoms with Gasteiger partial charge in [0.25, 0.3) is 0 Å². The molecule has 0 bridgehead atoms. The van der Waals surface area contributed by atoms with Crippen LogP contribution in [0.1, 0.15) is 63.6 Å². The third-order valence-electron chi connectivity index (χ3n) is 8.09. The van der Waals surface area contributed by atoms with E-state index in [1.165, 1.54) is 11.8 Å². The summed E-state index contributed by atoms with van der Waals surface area (Å²) in [5, 5.41) is 3.82. The Morgan fingerprint density at radius 1 is 1.14 bits per heavy atom. The molecule has 0 radical (unpaired) electrons. The van der Waals surface area contributed by atoms with Crippen molar-refractivity contribution < 1.29 is 18.0 Å². The van der Waals surface area contributed by atoms with Gasteiger partial charge < -0.3 is 15.1 Å². The Hall–Kier alpha value is -2.61. The summed E-state index contributed by atoms with van der Waals surface area (Å²) in [6, 6.07) is 13.1. The molecule has 36 heavy (non-hydrogen) atoms. The second-order valence-electron chi connectivity index (χ2n) is 10.5. The third-order valence-corrected chi connectivity index (χ3v) is 8.09. The van der Waals surface area contributed by atoms with E-state index in [-0.39, 0.29) is 23.9 Å². The molecule has 2 fully saturated rings. The minimum absolute atomic E-state index is 0.186. The number of piperazine rings is 1. The van der Waals surface area contributed by atoms with Crippen molar-refractivity contribution in [3.63, 3.8) is 0 Å². The van der Waals surface area contributed by atoms with Crippen LogP contribution in [0.15, 0.2) is 48.7 Å². The second-order valence-corrected chi connectivity index (χ2v) is 10.5. The molecule has 2 aromatic rings. The molecule has 1 saturated carbocycles. The zero-order valence-corrected chi connectivity index (χ0v) is 21.4. The molecule has 1 unspecified atom stereocenters. The number of nitrogens with zero attached hydrogens (tertiary/aromatic N) is 3. The van der Waals surface area contributed by atoms with E-state index in [9.17, 15) is 18.0 Å². The summed E-state index contributed by atoms with van der Waals surface area (Å²) in [6.07, 6.45) is 0.400. The van der Waals surface area contributed by atoms with Crippen molar-refractivity contribution in [1.29, 1.82) is 0 Å². The van der Waals surface area contributed by atoms with Crippen LogP contribution in [0.3, 0.4) is 0 Å². The van der Waals surface area contributed by atoms with Crippen molar-refractivity contribution in [2.75, 3.05) is 31.1 Å². The monoisotopic (exact) mass is 502 g/mol. The Labute approximate surface area is 212 Å². The number of alkyl halides is 3. The van der Waals surface area contributed by atoms with Crippen LogP contribution in [0.2, 0.25) is 0 Å². The first-order valence-electron chi connectivity index (χ1n) is 13.0. The standard InChI is InChI=1S/C28H37F3N4O/c1-4-24(21-8-6-5-7-9-21)33-23-10-12-27(19-23,20(2)3)26(36)35-16-14-34(15-17-35)25-18-22(11-13-32-25)28(29,30)31/h5-9,11,13,18,20,23-24,33H,4,10,12,14-17,19H2,1-3H3/t23-,24?,27+/m1/s1. The van der Waals surface area contributed by atoms with Crippen molar-refractivity contribution >= 4 is 11.7 Å². The number of carbonyl (C=O) groups is 1. The number of halogens is 3. The number of hydrogen-bond acceptors (Lipinski definition) is 4. The molecule has 1 saturated heterocycles. The maximum atomic E-state index is 13.9. The predicted molar refractivity (Wildman–Crippen MR) is 136 cm³/mol. The fourth-order valence-electron chi connectivity index (χ4n) is 5.82. The molecular weight excluding hydrogens is 465 g/mol. The number of aromatic nitrogens is 1. The minimum atomic E-state index is -4.40. The lowest BCUT2D eigenvalue weighted by Gasteiger charge is -2.42. The molecule has 3 atom stereocenters. The largest absolute Gasteiger partial charge is 0.416 e. The molecule has 8 heteroatoms. The Balaban J connectivity index is 1.40. The number of amides is 1. The molecule has 1 amide bonds. The molecule has 1 aliphatic heterocycles. The smallest absolute Gasteiger partial charge is 0.353 e. The molecule has 1 aromatic carbocycles. The Morgan fingerprint density at radius 3 is 2.44 bits per heavy atom. The first-order chi connectivity index (χ1) is 17.1. The number of nitrogens with one attached hydrogen (secondary N) is 1. The molecular formula is C28H37F3N4O. The molecule has 0 spiro atoms. The lowest BCUT2D eigenvalue weighted by atomic mass is 9.74. The van der Waals surface area contributed by atoms with Gasteiger partial charge in [0.1, 0.15) is 5.82 Å². The maximum absolute atomic E-state index is 13.9. The van der Waals surface area contributed by atoms with E-state index in [0.717, 1.165) is 37.8 Å². The summed E-state index contributed by atoms with van der Waals surface area (Å²) in [6.45, 7) is 8.38. The van der Waals surface area contributed by atoms with Gasteiger partial charge in [0.05, 0.1) is 11.0 Å². The average molecular weight is 503 g/mol. The van der Waals surface area contributed by atoms with Crippen molar-refractivity contribution in [1.82, 2.24) is 15.2 Å². The summed E-state index contributed by atoms with van der Waals surface area (Å²) < 4.78 is 39.4. The summed E-state index contributed by atoms with van der Waals surface area (Å²) in [5.74, 6) is 0.704. The fourth-order valence-corrected chi connectivity index (χ4v) is 5.82. The Bertz CT molecular complexity index is 1020. The van der Waals surface area contributed by atoms with Crippen LogP contribution >= 0.6 is 0 Å². The van der Waals surface area contributed by atoms with E-state index in [2.05, 4.69) is 55.3 Å². The first kappa shape index (κ1) is 26.5. The average Bonchev–Trinajstić information content (AvgIpc) is 3.32. The van der Waals surface area contributed by atoms with E-state index in [1.807, 2.05) is 15.9 Å². The molecule has 2 aliphatic rings. The van der Waals surface area contributed by atoms with E-state index < -0.39 is 17.2 Å². The molecule has 196 valence electrons. The van der Waals surface area contributed by atoms with Crippen LogP contribution in [0.25, 0.3) is 0 Å². The minimum Gasteiger partial charge on any atom is -0.353 e. The Morgan fingerprint density at radius 2 is 1.83 bits per heavy atom. The number of benzene rings is 1. The SMILES string of the molecule is CCC(N[C@@H]1CC[C@@](C(=O)N2CCN(c3cc(C(F)(F)F)ccn3)CC2)(C(C)C)C1)c1ccccc1. The van der Waals surface area contributed by atoms with Crippen molar-refractivity contribution in [3.8, 4) is 0 Å². The van der Waals surface area contributed by atoms with E-state index in [0.29, 0.717) is 32.0 Å². The highest BCUT2D eigenvalue weighted by Gasteiger charge is 2.49. The van der Waals surface area contributed by atoms with Crippen molar-refractivity contribution in [2.24, 2.45) is 11.3 Å². The van der Waals surface area contributed by atoms with Crippen LogP contribution in [0, 0.1) is 11.3 Å². The van der Waals surface area contributed by atoms with Crippen LogP contribution in [-0.4, -0.2) is 48.0 Å². The zero-order valence-electron chi connectivity index (χ0n) is 21.4. The highest BCUT2D eigenvalue weighted by atomic mass is 19.4. The summed E-state index contributed by atoms with van der Waals surface area (Å²) in [5.41, 5.74) is 0.159. The van der Waals surface area contributed by atoms with Gasteiger partial charge in [-0.15, -0.1) is 0 Å². The molecule has 1 aromatic heterocycles. The number of anilines is 1. The molecule has 4 rings (SSSR count). The maximum Gasteiger partial charge on any atom is 0.416 e. The normalized spacial score (nSPS) is 23.8. The molecule has 2 heterocycles. The van der Waals surface area contributed by atoms with Gasteiger partial charge in [-0.25, -0.2) is 4.98 Å². The predicted octanol–water partition coefficient (Wildman–Crippen LogP) is 5.68. The van der Waals surface area contributed by atoms with Gasteiger partial charge in [-0.2, -0.15) is 13.2 Å². The number of rotatable bonds is 7. The second kappa shape index (κ2) is 10.8. The van der Waals surface area contributed by atoms with Crippen LogP contribution in [-0.2, 0) is 11.0 Å². The van der Waals surface area contributed by atoms with Gasteiger partial charge in [0.2, 0.25) is 5.91 Å². The van der Waals surface area contributed by atoms with Gasteiger partial charge in [-0.3, -0.25) is 4.79 Å². The number of carbonyl (C=O) groups excluding carboxylic acids is 1. The summed E-state index contributed by atoms with van der Waals surface area (Å²) in [7, 11) is 0. The van der Waals surface area contributed by atoms with Crippen LogP contribution in [0.4, 0.5) is 19.0 Å². The summed E-state index contributed by atoms with van der Waals surface area (Å²) >= 11 is 0. The van der Waals surface area contributed by atoms with E-state index in [4.69, 9.17) is 0 Å². The van der Waals surface area contributed by atoms with Gasteiger partial charge in [-0.1, -0.05) is 51.1 Å². The highest BCUT2D eigenvalue weighted by Crippen LogP contribution is 2.46. The van der Waals surface area contributed by atoms with Crippen LogP contribution < -0.4 is 10.2 Å². The lowest BCUT2D eigenvalue weighted by Crippen LogP contribution is -2.54.